The predicted octanol–water partition coefficient (Wildman–Crippen LogP) is 2.67. The van der Waals surface area contributed by atoms with Gasteiger partial charge in [0.1, 0.15) is 12.1 Å². The second-order valence-electron chi connectivity index (χ2n) is 6.99. The molecule has 2 aliphatic rings. The quantitative estimate of drug-likeness (QED) is 0.612. The number of aryl methyl sites for hydroxylation is 1. The van der Waals surface area contributed by atoms with Crippen LogP contribution in [0.2, 0.25) is 0 Å². The van der Waals surface area contributed by atoms with Gasteiger partial charge in [0, 0.05) is 16.0 Å². The summed E-state index contributed by atoms with van der Waals surface area (Å²) in [5.74, 6) is -1.11. The number of anilines is 1. The Balaban J connectivity index is 1.54. The highest BCUT2D eigenvalue weighted by Gasteiger charge is 2.54. The number of urea groups is 1. The highest BCUT2D eigenvalue weighted by Crippen LogP contribution is 2.42. The number of hydrogen-bond acceptors (Lipinski definition) is 5. The number of imide groups is 1. The van der Waals surface area contributed by atoms with Crippen LogP contribution in [-0.4, -0.2) is 35.1 Å². The molecule has 1 spiro atoms. The van der Waals surface area contributed by atoms with Gasteiger partial charge in [-0.05, 0) is 49.8 Å². The Morgan fingerprint density at radius 3 is 2.82 bits per heavy atom. The first-order chi connectivity index (χ1) is 13.4. The number of amides is 4. The minimum Gasteiger partial charge on any atom is -0.324 e. The van der Waals surface area contributed by atoms with E-state index < -0.39 is 29.9 Å². The zero-order valence-corrected chi connectivity index (χ0v) is 16.1. The van der Waals surface area contributed by atoms with Gasteiger partial charge in [-0.2, -0.15) is 0 Å². The van der Waals surface area contributed by atoms with E-state index in [1.54, 1.807) is 35.6 Å². The Labute approximate surface area is 165 Å². The largest absolute Gasteiger partial charge is 0.325 e. The lowest BCUT2D eigenvalue weighted by Crippen LogP contribution is -2.46. The lowest BCUT2D eigenvalue weighted by Gasteiger charge is -2.31. The fraction of sp³-hybridized carbons (Fsp3) is 0.300. The predicted molar refractivity (Wildman–Crippen MR) is 104 cm³/mol. The lowest BCUT2D eigenvalue weighted by molar-refractivity contribution is -0.134. The third-order valence-corrected chi connectivity index (χ3v) is 6.20. The summed E-state index contributed by atoms with van der Waals surface area (Å²) in [6, 6.07) is 7.94. The first kappa shape index (κ1) is 18.4. The van der Waals surface area contributed by atoms with Gasteiger partial charge in [0.05, 0.1) is 5.69 Å². The monoisotopic (exact) mass is 397 g/mol. The summed E-state index contributed by atoms with van der Waals surface area (Å²) in [6.07, 6.45) is 2.21. The van der Waals surface area contributed by atoms with Gasteiger partial charge in [-0.3, -0.25) is 19.3 Å². The first-order valence-corrected chi connectivity index (χ1v) is 9.91. The average molecular weight is 397 g/mol. The van der Waals surface area contributed by atoms with E-state index in [1.165, 1.54) is 6.92 Å². The maximum Gasteiger partial charge on any atom is 0.325 e. The van der Waals surface area contributed by atoms with E-state index in [2.05, 4.69) is 10.6 Å². The molecule has 0 radical (unpaired) electrons. The van der Waals surface area contributed by atoms with Crippen LogP contribution in [0.3, 0.4) is 0 Å². The van der Waals surface area contributed by atoms with Crippen molar-refractivity contribution < 1.29 is 19.2 Å². The van der Waals surface area contributed by atoms with Crippen molar-refractivity contribution in [2.24, 2.45) is 0 Å². The molecule has 1 aromatic heterocycles. The number of para-hydroxylation sites is 1. The minimum atomic E-state index is -1.07. The second kappa shape index (κ2) is 6.87. The number of rotatable bonds is 4. The van der Waals surface area contributed by atoms with Crippen molar-refractivity contribution in [3.63, 3.8) is 0 Å². The van der Waals surface area contributed by atoms with Crippen LogP contribution in [-0.2, 0) is 21.5 Å². The van der Waals surface area contributed by atoms with E-state index in [4.69, 9.17) is 0 Å². The van der Waals surface area contributed by atoms with E-state index in [0.717, 1.165) is 28.2 Å². The van der Waals surface area contributed by atoms with Crippen molar-refractivity contribution in [2.45, 2.75) is 31.7 Å². The standard InChI is InChI=1S/C20H19N3O4S/c1-12(24)13-5-2-3-6-15(13)21-17(25)11-23-18(26)20(22-19(23)27)9-4-7-16-14(20)8-10-28-16/h2-3,5-6,8,10H,4,7,9,11H2,1H3,(H,21,25)(H,22,27)/t20-/m0/s1. The summed E-state index contributed by atoms with van der Waals surface area (Å²) in [4.78, 5) is 51.9. The van der Waals surface area contributed by atoms with E-state index in [0.29, 0.717) is 17.7 Å². The SMILES string of the molecule is CC(=O)c1ccccc1NC(=O)CN1C(=O)N[C@]2(CCCc3sccc32)C1=O. The number of Topliss-reactive ketones (excluding diaryl/α,β-unsaturated/α-hetero) is 1. The van der Waals surface area contributed by atoms with Crippen LogP contribution < -0.4 is 10.6 Å². The molecule has 1 fully saturated rings. The fourth-order valence-electron chi connectivity index (χ4n) is 3.92. The summed E-state index contributed by atoms with van der Waals surface area (Å²) in [5, 5.41) is 7.38. The van der Waals surface area contributed by atoms with Gasteiger partial charge in [-0.1, -0.05) is 12.1 Å². The normalized spacial score (nSPS) is 20.8. The molecule has 1 aromatic carbocycles. The van der Waals surface area contributed by atoms with Crippen LogP contribution in [0.15, 0.2) is 35.7 Å². The van der Waals surface area contributed by atoms with Crippen molar-refractivity contribution in [3.05, 3.63) is 51.7 Å². The second-order valence-corrected chi connectivity index (χ2v) is 7.99. The zero-order valence-electron chi connectivity index (χ0n) is 15.3. The molecule has 1 atom stereocenters. The maximum absolute atomic E-state index is 13.1. The molecule has 0 saturated carbocycles. The Morgan fingerprint density at radius 2 is 2.04 bits per heavy atom. The van der Waals surface area contributed by atoms with Gasteiger partial charge in [-0.15, -0.1) is 11.3 Å². The van der Waals surface area contributed by atoms with Crippen molar-refractivity contribution in [3.8, 4) is 0 Å². The Morgan fingerprint density at radius 1 is 1.25 bits per heavy atom. The van der Waals surface area contributed by atoms with E-state index in [1.807, 2.05) is 11.4 Å². The third-order valence-electron chi connectivity index (χ3n) is 5.22. The van der Waals surface area contributed by atoms with Crippen LogP contribution in [0.5, 0.6) is 0 Å². The lowest BCUT2D eigenvalue weighted by atomic mass is 9.80. The van der Waals surface area contributed by atoms with Gasteiger partial charge in [0.25, 0.3) is 5.91 Å². The number of nitrogens with one attached hydrogen (secondary N) is 2. The molecule has 8 heteroatoms. The summed E-state index contributed by atoms with van der Waals surface area (Å²) < 4.78 is 0. The number of benzene rings is 1. The Bertz CT molecular complexity index is 999. The zero-order chi connectivity index (χ0) is 19.9. The van der Waals surface area contributed by atoms with Gasteiger partial charge >= 0.3 is 6.03 Å². The number of fused-ring (bicyclic) bond motifs is 2. The molecular formula is C20H19N3O4S. The maximum atomic E-state index is 13.1. The van der Waals surface area contributed by atoms with E-state index >= 15 is 0 Å². The number of thiophene rings is 1. The molecule has 2 N–H and O–H groups in total. The molecule has 144 valence electrons. The summed E-state index contributed by atoms with van der Waals surface area (Å²) in [7, 11) is 0. The van der Waals surface area contributed by atoms with Crippen LogP contribution in [0.25, 0.3) is 0 Å². The number of nitrogens with zero attached hydrogens (tertiary/aromatic N) is 1. The van der Waals surface area contributed by atoms with Gasteiger partial charge < -0.3 is 10.6 Å². The van der Waals surface area contributed by atoms with Crippen LogP contribution in [0, 0.1) is 0 Å². The molecule has 1 aliphatic carbocycles. The molecular weight excluding hydrogens is 378 g/mol. The van der Waals surface area contributed by atoms with Gasteiger partial charge in [0.15, 0.2) is 5.78 Å². The third kappa shape index (κ3) is 2.90. The number of hydrogen-bond donors (Lipinski definition) is 2. The molecule has 2 heterocycles. The Kier molecular flexibility index (Phi) is 4.50. The summed E-state index contributed by atoms with van der Waals surface area (Å²) in [6.45, 7) is 1.01. The van der Waals surface area contributed by atoms with Crippen molar-refractivity contribution in [2.75, 3.05) is 11.9 Å². The van der Waals surface area contributed by atoms with Crippen LogP contribution >= 0.6 is 11.3 Å². The fourth-order valence-corrected chi connectivity index (χ4v) is 4.92. The number of ketones is 1. The molecule has 1 saturated heterocycles. The summed E-state index contributed by atoms with van der Waals surface area (Å²) >= 11 is 1.58. The van der Waals surface area contributed by atoms with Crippen molar-refractivity contribution >= 4 is 40.7 Å². The molecule has 0 unspecified atom stereocenters. The molecule has 7 nitrogen and oxygen atoms in total. The molecule has 4 amide bonds. The van der Waals surface area contributed by atoms with Gasteiger partial charge in [0.2, 0.25) is 5.91 Å². The van der Waals surface area contributed by atoms with Crippen LogP contribution in [0.1, 0.15) is 40.6 Å². The highest BCUT2D eigenvalue weighted by molar-refractivity contribution is 7.10. The van der Waals surface area contributed by atoms with Crippen molar-refractivity contribution in [1.82, 2.24) is 10.2 Å². The van der Waals surface area contributed by atoms with Crippen molar-refractivity contribution in [1.29, 1.82) is 0 Å². The summed E-state index contributed by atoms with van der Waals surface area (Å²) in [5.41, 5.74) is 0.508. The average Bonchev–Trinajstić information content (AvgIpc) is 3.23. The first-order valence-electron chi connectivity index (χ1n) is 9.03. The van der Waals surface area contributed by atoms with Gasteiger partial charge in [-0.25, -0.2) is 4.79 Å². The molecule has 28 heavy (non-hydrogen) atoms. The van der Waals surface area contributed by atoms with E-state index in [-0.39, 0.29) is 5.78 Å². The number of carbonyl (C=O) groups excluding carboxylic acids is 4. The number of carbonyl (C=O) groups is 4. The minimum absolute atomic E-state index is 0.183. The molecule has 2 aromatic rings. The highest BCUT2D eigenvalue weighted by atomic mass is 32.1. The topological polar surface area (TPSA) is 95.6 Å². The molecule has 1 aliphatic heterocycles. The molecule has 4 rings (SSSR count). The smallest absolute Gasteiger partial charge is 0.324 e. The van der Waals surface area contributed by atoms with Crippen LogP contribution in [0.4, 0.5) is 10.5 Å². The molecule has 0 bridgehead atoms. The van der Waals surface area contributed by atoms with E-state index in [9.17, 15) is 19.2 Å². The Hall–Kier alpha value is -3.00.